The summed E-state index contributed by atoms with van der Waals surface area (Å²) in [6.07, 6.45) is 0.718. The van der Waals surface area contributed by atoms with Crippen molar-refractivity contribution in [3.63, 3.8) is 0 Å². The molecule has 2 aromatic rings. The Hall–Kier alpha value is -0.730. The Balaban J connectivity index is 1.89. The van der Waals surface area contributed by atoms with Crippen LogP contribution in [0.25, 0.3) is 0 Å². The maximum absolute atomic E-state index is 12.2. The van der Waals surface area contributed by atoms with Crippen LogP contribution in [0.3, 0.4) is 0 Å². The van der Waals surface area contributed by atoms with E-state index in [1.165, 1.54) is 11.3 Å². The molecular formula is C14H20N2O2S3. The zero-order chi connectivity index (χ0) is 15.3. The van der Waals surface area contributed by atoms with E-state index in [0.717, 1.165) is 16.9 Å². The number of hydrogen-bond donors (Lipinski definition) is 2. The van der Waals surface area contributed by atoms with Gasteiger partial charge in [0.15, 0.2) is 0 Å². The molecule has 0 unspecified atom stereocenters. The van der Waals surface area contributed by atoms with Gasteiger partial charge in [-0.2, -0.15) is 11.3 Å². The lowest BCUT2D eigenvalue weighted by Crippen LogP contribution is -2.25. The van der Waals surface area contributed by atoms with E-state index >= 15 is 0 Å². The summed E-state index contributed by atoms with van der Waals surface area (Å²) in [4.78, 5) is 1.03. The molecule has 2 rings (SSSR count). The Kier molecular flexibility index (Phi) is 5.95. The molecule has 4 nitrogen and oxygen atoms in total. The van der Waals surface area contributed by atoms with Crippen molar-refractivity contribution in [3.8, 4) is 0 Å². The minimum absolute atomic E-state index is 0.383. The molecule has 2 N–H and O–H groups in total. The van der Waals surface area contributed by atoms with Crippen LogP contribution < -0.4 is 10.0 Å². The second kappa shape index (κ2) is 7.51. The number of hydrogen-bond acceptors (Lipinski definition) is 5. The van der Waals surface area contributed by atoms with Crippen molar-refractivity contribution < 1.29 is 8.42 Å². The van der Waals surface area contributed by atoms with Crippen molar-refractivity contribution in [1.29, 1.82) is 0 Å². The van der Waals surface area contributed by atoms with Gasteiger partial charge in [0.1, 0.15) is 4.21 Å². The summed E-state index contributed by atoms with van der Waals surface area (Å²) in [7, 11) is -3.39. The van der Waals surface area contributed by atoms with Crippen LogP contribution in [-0.2, 0) is 23.0 Å². The van der Waals surface area contributed by atoms with Crippen LogP contribution in [0.1, 0.15) is 24.3 Å². The standard InChI is InChI=1S/C14H20N2O2S3/c1-11(2)15-9-13-3-4-14(20-13)21(17,18)16-7-5-12-6-8-19-10-12/h3-4,6,8,10-11,15-16H,5,7,9H2,1-2H3. The minimum atomic E-state index is -3.39. The highest BCUT2D eigenvalue weighted by atomic mass is 32.2. The molecule has 0 fully saturated rings. The van der Waals surface area contributed by atoms with Gasteiger partial charge < -0.3 is 5.32 Å². The molecule has 2 aromatic heterocycles. The van der Waals surface area contributed by atoms with E-state index in [9.17, 15) is 8.42 Å². The first-order chi connectivity index (χ1) is 9.97. The zero-order valence-corrected chi connectivity index (χ0v) is 14.6. The van der Waals surface area contributed by atoms with Crippen molar-refractivity contribution in [2.24, 2.45) is 0 Å². The molecule has 2 heterocycles. The number of rotatable bonds is 8. The van der Waals surface area contributed by atoms with Gasteiger partial charge in [0.05, 0.1) is 0 Å². The quantitative estimate of drug-likeness (QED) is 0.774. The van der Waals surface area contributed by atoms with E-state index in [-0.39, 0.29) is 0 Å². The van der Waals surface area contributed by atoms with Gasteiger partial charge >= 0.3 is 0 Å². The van der Waals surface area contributed by atoms with Gasteiger partial charge in [-0.1, -0.05) is 13.8 Å². The van der Waals surface area contributed by atoms with Crippen molar-refractivity contribution in [2.75, 3.05) is 6.54 Å². The zero-order valence-electron chi connectivity index (χ0n) is 12.1. The van der Waals surface area contributed by atoms with Gasteiger partial charge in [-0.25, -0.2) is 13.1 Å². The van der Waals surface area contributed by atoms with Crippen LogP contribution >= 0.6 is 22.7 Å². The molecule has 0 aliphatic rings. The molecule has 0 spiro atoms. The fourth-order valence-electron chi connectivity index (χ4n) is 1.74. The summed E-state index contributed by atoms with van der Waals surface area (Å²) >= 11 is 2.94. The van der Waals surface area contributed by atoms with E-state index in [2.05, 4.69) is 23.9 Å². The highest BCUT2D eigenvalue weighted by Crippen LogP contribution is 2.21. The first-order valence-corrected chi connectivity index (χ1v) is 10.0. The number of thiophene rings is 2. The van der Waals surface area contributed by atoms with E-state index in [1.807, 2.05) is 22.9 Å². The molecule has 0 atom stereocenters. The Bertz CT molecular complexity index is 646. The van der Waals surface area contributed by atoms with E-state index in [0.29, 0.717) is 23.3 Å². The molecule has 0 bridgehead atoms. The summed E-state index contributed by atoms with van der Waals surface area (Å²) in [5.74, 6) is 0. The summed E-state index contributed by atoms with van der Waals surface area (Å²) < 4.78 is 27.4. The van der Waals surface area contributed by atoms with E-state index in [1.54, 1.807) is 17.4 Å². The topological polar surface area (TPSA) is 58.2 Å². The van der Waals surface area contributed by atoms with Gasteiger partial charge in [0.25, 0.3) is 0 Å². The van der Waals surface area contributed by atoms with Gasteiger partial charge in [0.2, 0.25) is 10.0 Å². The monoisotopic (exact) mass is 344 g/mol. The molecule has 0 aliphatic carbocycles. The smallest absolute Gasteiger partial charge is 0.250 e. The highest BCUT2D eigenvalue weighted by Gasteiger charge is 2.16. The fraction of sp³-hybridized carbons (Fsp3) is 0.429. The Morgan fingerprint density at radius 1 is 1.24 bits per heavy atom. The summed E-state index contributed by atoms with van der Waals surface area (Å²) in [5.41, 5.74) is 1.16. The predicted octanol–water partition coefficient (Wildman–Crippen LogP) is 2.83. The molecule has 0 aromatic carbocycles. The van der Waals surface area contributed by atoms with Gasteiger partial charge in [0, 0.05) is 24.0 Å². The molecule has 0 aliphatic heterocycles. The summed E-state index contributed by atoms with van der Waals surface area (Å²) in [6.45, 7) is 5.26. The van der Waals surface area contributed by atoms with Crippen LogP contribution in [0.2, 0.25) is 0 Å². The Labute approximate surface area is 134 Å². The Morgan fingerprint density at radius 2 is 2.05 bits per heavy atom. The molecule has 0 radical (unpaired) electrons. The highest BCUT2D eigenvalue weighted by molar-refractivity contribution is 7.91. The lowest BCUT2D eigenvalue weighted by atomic mass is 10.2. The van der Waals surface area contributed by atoms with Gasteiger partial charge in [-0.3, -0.25) is 0 Å². The van der Waals surface area contributed by atoms with Crippen LogP contribution in [0.15, 0.2) is 33.2 Å². The first-order valence-electron chi connectivity index (χ1n) is 6.80. The van der Waals surface area contributed by atoms with E-state index < -0.39 is 10.0 Å². The number of nitrogens with one attached hydrogen (secondary N) is 2. The second-order valence-electron chi connectivity index (χ2n) is 5.04. The maximum atomic E-state index is 12.2. The van der Waals surface area contributed by atoms with E-state index in [4.69, 9.17) is 0 Å². The predicted molar refractivity (Wildman–Crippen MR) is 89.5 cm³/mol. The largest absolute Gasteiger partial charge is 0.310 e. The molecule has 116 valence electrons. The Morgan fingerprint density at radius 3 is 2.71 bits per heavy atom. The lowest BCUT2D eigenvalue weighted by Gasteiger charge is -2.05. The molecule has 0 saturated heterocycles. The minimum Gasteiger partial charge on any atom is -0.310 e. The van der Waals surface area contributed by atoms with Crippen LogP contribution in [0, 0.1) is 0 Å². The molecule has 7 heteroatoms. The van der Waals surface area contributed by atoms with Crippen LogP contribution in [0.5, 0.6) is 0 Å². The van der Waals surface area contributed by atoms with Crippen molar-refractivity contribution in [2.45, 2.75) is 37.1 Å². The third-order valence-electron chi connectivity index (χ3n) is 2.87. The van der Waals surface area contributed by atoms with Gasteiger partial charge in [-0.15, -0.1) is 11.3 Å². The third-order valence-corrected chi connectivity index (χ3v) is 6.64. The van der Waals surface area contributed by atoms with Crippen molar-refractivity contribution >= 4 is 32.7 Å². The van der Waals surface area contributed by atoms with Crippen LogP contribution in [0.4, 0.5) is 0 Å². The maximum Gasteiger partial charge on any atom is 0.250 e. The van der Waals surface area contributed by atoms with Crippen molar-refractivity contribution in [3.05, 3.63) is 39.4 Å². The first kappa shape index (κ1) is 16.6. The lowest BCUT2D eigenvalue weighted by molar-refractivity contribution is 0.584. The fourth-order valence-corrected chi connectivity index (χ4v) is 4.82. The number of sulfonamides is 1. The SMILES string of the molecule is CC(C)NCc1ccc(S(=O)(=O)NCCc2ccsc2)s1. The molecule has 21 heavy (non-hydrogen) atoms. The average Bonchev–Trinajstić information content (AvgIpc) is 3.07. The third kappa shape index (κ3) is 5.19. The summed E-state index contributed by atoms with van der Waals surface area (Å²) in [6, 6.07) is 5.94. The van der Waals surface area contributed by atoms with Crippen LogP contribution in [-0.4, -0.2) is 21.0 Å². The summed E-state index contributed by atoms with van der Waals surface area (Å²) in [5, 5.41) is 7.32. The molecule has 0 amide bonds. The normalized spacial score (nSPS) is 12.1. The average molecular weight is 345 g/mol. The molecule has 0 saturated carbocycles. The van der Waals surface area contributed by atoms with Gasteiger partial charge in [-0.05, 0) is 40.9 Å². The molecular weight excluding hydrogens is 324 g/mol. The second-order valence-corrected chi connectivity index (χ2v) is 8.98. The van der Waals surface area contributed by atoms with Crippen molar-refractivity contribution in [1.82, 2.24) is 10.0 Å².